The van der Waals surface area contributed by atoms with E-state index in [4.69, 9.17) is 37.0 Å². The summed E-state index contributed by atoms with van der Waals surface area (Å²) >= 11 is 0. The van der Waals surface area contributed by atoms with E-state index >= 15 is 0 Å². The van der Waals surface area contributed by atoms with Crippen LogP contribution in [0, 0.1) is 0 Å². The minimum absolute atomic E-state index is 0.0288. The normalized spacial score (nSPS) is 14.6. The summed E-state index contributed by atoms with van der Waals surface area (Å²) in [5.41, 5.74) is 0. The van der Waals surface area contributed by atoms with Crippen molar-refractivity contribution in [3.8, 4) is 0 Å². The summed E-state index contributed by atoms with van der Waals surface area (Å²) in [5.74, 6) is -2.30. The topological polar surface area (TPSA) is 237 Å². The highest BCUT2D eigenvalue weighted by molar-refractivity contribution is 7.47. The molecule has 17 nitrogen and oxygen atoms in total. The minimum Gasteiger partial charge on any atom is -0.462 e. The van der Waals surface area contributed by atoms with Gasteiger partial charge in [-0.3, -0.25) is 37.3 Å². The van der Waals surface area contributed by atoms with Crippen LogP contribution >= 0.6 is 15.6 Å². The van der Waals surface area contributed by atoms with Crippen molar-refractivity contribution in [1.29, 1.82) is 0 Å². The molecule has 0 aromatic carbocycles. The molecule has 0 rings (SSSR count). The Morgan fingerprint density at radius 3 is 0.882 bits per heavy atom. The number of aliphatic hydroxyl groups is 1. The van der Waals surface area contributed by atoms with Gasteiger partial charge in [-0.05, 0) is 122 Å². The standard InChI is InChI=1S/C83H140O17P2/c1-5-9-13-17-21-25-29-33-36-37-38-39-42-45-48-52-56-60-64-68-81(86)94-74-79(100-83(88)70-66-62-58-54-50-46-41-35-31-27-23-19-15-11-7-3)76-98-102(91,92)96-72-77(84)71-95-101(89,90)97-75-78(99-82(87)69-65-61-57-53-49-43-32-28-24-20-16-12-8-4)73-93-80(85)67-63-59-55-51-47-44-40-34-30-26-22-18-14-10-6-2/h9,11,13,15-16,20-21,23,25,27-28,32-33,35-36,38-39,41,45,48,56,60,77-79,84H,5-8,10,12,14,17-19,22,24,26,29-31,34,37,40,42-44,46-47,49-55,57-59,61-76H2,1-4H3,(H,89,90)(H,91,92)/b13-9-,15-11-,20-16-,25-21-,27-23-,32-28-,36-33-,39-38-,41-35-,48-45-,60-56-. The van der Waals surface area contributed by atoms with Gasteiger partial charge < -0.3 is 33.8 Å². The van der Waals surface area contributed by atoms with Crippen LogP contribution in [-0.4, -0.2) is 96.7 Å². The molecule has 0 aromatic heterocycles. The van der Waals surface area contributed by atoms with Crippen LogP contribution in [0.2, 0.25) is 0 Å². The maximum atomic E-state index is 13.1. The number of carbonyl (C=O) groups excluding carboxylic acids is 4. The predicted octanol–water partition coefficient (Wildman–Crippen LogP) is 22.9. The van der Waals surface area contributed by atoms with Crippen molar-refractivity contribution in [2.45, 2.75) is 329 Å². The number of hydrogen-bond donors (Lipinski definition) is 3. The van der Waals surface area contributed by atoms with Crippen LogP contribution in [0.4, 0.5) is 0 Å². The van der Waals surface area contributed by atoms with Crippen molar-refractivity contribution < 1.29 is 80.2 Å². The molecule has 0 fully saturated rings. The molecule has 0 saturated carbocycles. The molecule has 0 saturated heterocycles. The molecule has 0 heterocycles. The van der Waals surface area contributed by atoms with E-state index in [1.165, 1.54) is 70.6 Å². The third kappa shape index (κ3) is 73.5. The molecule has 5 unspecified atom stereocenters. The third-order valence-electron chi connectivity index (χ3n) is 16.1. The number of phosphoric ester groups is 2. The van der Waals surface area contributed by atoms with Crippen LogP contribution in [0.5, 0.6) is 0 Å². The third-order valence-corrected chi connectivity index (χ3v) is 18.0. The lowest BCUT2D eigenvalue weighted by Crippen LogP contribution is -2.30. The molecule has 0 amide bonds. The molecule has 0 aromatic rings. The Morgan fingerprint density at radius 2 is 0.549 bits per heavy atom. The molecule has 0 aliphatic carbocycles. The van der Waals surface area contributed by atoms with Crippen molar-refractivity contribution in [3.63, 3.8) is 0 Å². The number of hydrogen-bond acceptors (Lipinski definition) is 15. The fraction of sp³-hybridized carbons (Fsp3) is 0.687. The Kier molecular flexibility index (Phi) is 71.0. The van der Waals surface area contributed by atoms with Crippen LogP contribution < -0.4 is 0 Å². The molecule has 3 N–H and O–H groups in total. The zero-order valence-corrected chi connectivity index (χ0v) is 65.5. The van der Waals surface area contributed by atoms with Gasteiger partial charge in [0.1, 0.15) is 19.3 Å². The van der Waals surface area contributed by atoms with Gasteiger partial charge in [-0.25, -0.2) is 9.13 Å². The number of phosphoric acid groups is 2. The lowest BCUT2D eigenvalue weighted by molar-refractivity contribution is -0.161. The van der Waals surface area contributed by atoms with Crippen molar-refractivity contribution in [2.24, 2.45) is 0 Å². The van der Waals surface area contributed by atoms with Crippen LogP contribution in [-0.2, 0) is 65.4 Å². The average molecular weight is 1470 g/mol. The van der Waals surface area contributed by atoms with Gasteiger partial charge in [0.2, 0.25) is 0 Å². The molecule has 0 aliphatic rings. The molecule has 102 heavy (non-hydrogen) atoms. The van der Waals surface area contributed by atoms with E-state index in [2.05, 4.69) is 143 Å². The Bertz CT molecular complexity index is 2460. The fourth-order valence-electron chi connectivity index (χ4n) is 10.2. The molecule has 0 bridgehead atoms. The maximum absolute atomic E-state index is 13.1. The van der Waals surface area contributed by atoms with Crippen LogP contribution in [0.3, 0.4) is 0 Å². The number of ether oxygens (including phenoxy) is 4. The lowest BCUT2D eigenvalue weighted by Gasteiger charge is -2.21. The highest BCUT2D eigenvalue weighted by Crippen LogP contribution is 2.45. The van der Waals surface area contributed by atoms with Gasteiger partial charge in [0.15, 0.2) is 12.2 Å². The van der Waals surface area contributed by atoms with Crippen LogP contribution in [0.25, 0.3) is 0 Å². The maximum Gasteiger partial charge on any atom is 0.472 e. The first-order chi connectivity index (χ1) is 49.7. The zero-order chi connectivity index (χ0) is 74.6. The molecule has 584 valence electrons. The SMILES string of the molecule is CC/C=C\C/C=C\C/C=C\C/C=C\C/C=C\C/C=C\CCC(=O)OCC(COP(=O)(O)OCC(O)COP(=O)(O)OCC(COC(=O)CCCCCCCCCCCCCCCCC)OC(=O)CCCCCCC/C=C\C/C=C\CCC)OC(=O)CCCCCCC/C=C\C/C=C\C/C=C\CC. The Labute approximate surface area is 618 Å². The smallest absolute Gasteiger partial charge is 0.462 e. The van der Waals surface area contributed by atoms with Gasteiger partial charge in [0.25, 0.3) is 0 Å². The van der Waals surface area contributed by atoms with Gasteiger partial charge in [0, 0.05) is 25.7 Å². The number of unbranched alkanes of at least 4 members (excludes halogenated alkanes) is 25. The predicted molar refractivity (Wildman–Crippen MR) is 418 cm³/mol. The van der Waals surface area contributed by atoms with Crippen LogP contribution in [0.1, 0.15) is 310 Å². The molecule has 0 spiro atoms. The summed E-state index contributed by atoms with van der Waals surface area (Å²) < 4.78 is 68.5. The summed E-state index contributed by atoms with van der Waals surface area (Å²) in [6, 6.07) is 0. The number of carbonyl (C=O) groups is 4. The fourth-order valence-corrected chi connectivity index (χ4v) is 11.8. The number of rotatable bonds is 73. The molecule has 0 aliphatic heterocycles. The highest BCUT2D eigenvalue weighted by Gasteiger charge is 2.30. The Balaban J connectivity index is 5.43. The second-order valence-electron chi connectivity index (χ2n) is 25.9. The summed E-state index contributed by atoms with van der Waals surface area (Å²) in [7, 11) is -9.99. The van der Waals surface area contributed by atoms with Gasteiger partial charge >= 0.3 is 39.5 Å². The molecular formula is C83H140O17P2. The van der Waals surface area contributed by atoms with E-state index < -0.39 is 97.5 Å². The van der Waals surface area contributed by atoms with E-state index in [0.29, 0.717) is 32.1 Å². The van der Waals surface area contributed by atoms with E-state index in [1.807, 2.05) is 18.2 Å². The average Bonchev–Trinajstić information content (AvgIpc) is 0.924. The summed E-state index contributed by atoms with van der Waals surface area (Å²) in [4.78, 5) is 72.9. The minimum atomic E-state index is -5.00. The van der Waals surface area contributed by atoms with Gasteiger partial charge in [-0.2, -0.15) is 0 Å². The molecular weight excluding hydrogens is 1330 g/mol. The Hall–Kier alpha value is -4.80. The van der Waals surface area contributed by atoms with Gasteiger partial charge in [-0.1, -0.05) is 296 Å². The van der Waals surface area contributed by atoms with Gasteiger partial charge in [-0.15, -0.1) is 0 Å². The molecule has 19 heteroatoms. The summed E-state index contributed by atoms with van der Waals surface area (Å²) in [5, 5.41) is 10.6. The quantitative estimate of drug-likeness (QED) is 0.0169. The first-order valence-electron chi connectivity index (χ1n) is 39.4. The van der Waals surface area contributed by atoms with Crippen molar-refractivity contribution in [3.05, 3.63) is 134 Å². The Morgan fingerprint density at radius 1 is 0.284 bits per heavy atom. The van der Waals surface area contributed by atoms with Crippen molar-refractivity contribution in [1.82, 2.24) is 0 Å². The first-order valence-corrected chi connectivity index (χ1v) is 42.4. The highest BCUT2D eigenvalue weighted by atomic mass is 31.2. The largest absolute Gasteiger partial charge is 0.472 e. The zero-order valence-electron chi connectivity index (χ0n) is 63.7. The number of esters is 4. The van der Waals surface area contributed by atoms with Crippen LogP contribution in [0.15, 0.2) is 134 Å². The second-order valence-corrected chi connectivity index (χ2v) is 28.8. The summed E-state index contributed by atoms with van der Waals surface area (Å²) in [6.45, 7) is 4.48. The van der Waals surface area contributed by atoms with E-state index in [9.17, 15) is 43.2 Å². The summed E-state index contributed by atoms with van der Waals surface area (Å²) in [6.07, 6.45) is 83.1. The van der Waals surface area contributed by atoms with Crippen molar-refractivity contribution >= 4 is 39.5 Å². The molecule has 5 atom stereocenters. The van der Waals surface area contributed by atoms with E-state index in [1.54, 1.807) is 0 Å². The monoisotopic (exact) mass is 1470 g/mol. The van der Waals surface area contributed by atoms with Crippen molar-refractivity contribution in [2.75, 3.05) is 39.6 Å². The number of allylic oxidation sites excluding steroid dienone is 22. The lowest BCUT2D eigenvalue weighted by atomic mass is 10.0. The second kappa shape index (κ2) is 74.5. The van der Waals surface area contributed by atoms with E-state index in [0.717, 1.165) is 154 Å². The van der Waals surface area contributed by atoms with E-state index in [-0.39, 0.29) is 25.7 Å². The first kappa shape index (κ1) is 97.2. The van der Waals surface area contributed by atoms with Gasteiger partial charge in [0.05, 0.1) is 26.4 Å². The number of aliphatic hydroxyl groups excluding tert-OH is 1. The molecule has 0 radical (unpaired) electrons.